The molecule has 134 valence electrons. The molecule has 7 heteroatoms. The number of anilines is 1. The Morgan fingerprint density at radius 3 is 2.72 bits per heavy atom. The molecule has 3 heterocycles. The van der Waals surface area contributed by atoms with Crippen LogP contribution in [0.25, 0.3) is 0 Å². The molecule has 1 saturated carbocycles. The molecule has 7 nitrogen and oxygen atoms in total. The van der Waals surface area contributed by atoms with E-state index in [4.69, 9.17) is 0 Å². The number of hydrogen-bond acceptors (Lipinski definition) is 5. The largest absolute Gasteiger partial charge is 0.480 e. The standard InChI is InChI=1S/C18H24N4O3/c23-16(21-13-1-2-13)12-3-6-19-15(9-12)22-7-4-18(5-8-22)10-14(17(24)25)20-11-18/h3,6,9,13-14,20H,1-2,4-5,7-8,10-11H2,(H,21,23)(H,24,25). The van der Waals surface area contributed by atoms with Crippen molar-refractivity contribution in [2.75, 3.05) is 24.5 Å². The number of carboxylic acid groups (broad SMARTS) is 1. The van der Waals surface area contributed by atoms with Crippen molar-refractivity contribution < 1.29 is 14.7 Å². The van der Waals surface area contributed by atoms with Crippen LogP contribution < -0.4 is 15.5 Å². The number of rotatable bonds is 4. The van der Waals surface area contributed by atoms with Crippen molar-refractivity contribution in [1.29, 1.82) is 0 Å². The van der Waals surface area contributed by atoms with Gasteiger partial charge in [0.15, 0.2) is 0 Å². The van der Waals surface area contributed by atoms with Crippen LogP contribution in [0, 0.1) is 5.41 Å². The van der Waals surface area contributed by atoms with Gasteiger partial charge in [-0.1, -0.05) is 0 Å². The van der Waals surface area contributed by atoms with Gasteiger partial charge < -0.3 is 20.6 Å². The summed E-state index contributed by atoms with van der Waals surface area (Å²) >= 11 is 0. The number of aliphatic carboxylic acids is 1. The zero-order chi connectivity index (χ0) is 17.4. The van der Waals surface area contributed by atoms with Crippen molar-refractivity contribution in [3.8, 4) is 0 Å². The summed E-state index contributed by atoms with van der Waals surface area (Å²) < 4.78 is 0. The number of carboxylic acids is 1. The Morgan fingerprint density at radius 2 is 2.08 bits per heavy atom. The first-order valence-corrected chi connectivity index (χ1v) is 9.03. The van der Waals surface area contributed by atoms with Crippen LogP contribution in [0.3, 0.4) is 0 Å². The van der Waals surface area contributed by atoms with Gasteiger partial charge in [0.2, 0.25) is 0 Å². The second kappa shape index (κ2) is 6.29. The Balaban J connectivity index is 1.39. The molecule has 2 aliphatic heterocycles. The second-order valence-corrected chi connectivity index (χ2v) is 7.61. The van der Waals surface area contributed by atoms with Gasteiger partial charge in [-0.2, -0.15) is 0 Å². The monoisotopic (exact) mass is 344 g/mol. The van der Waals surface area contributed by atoms with Crippen molar-refractivity contribution in [1.82, 2.24) is 15.6 Å². The van der Waals surface area contributed by atoms with E-state index in [1.165, 1.54) is 0 Å². The Labute approximate surface area is 146 Å². The van der Waals surface area contributed by atoms with E-state index in [2.05, 4.69) is 20.5 Å². The molecule has 1 atom stereocenters. The lowest BCUT2D eigenvalue weighted by Gasteiger charge is -2.39. The van der Waals surface area contributed by atoms with Crippen LogP contribution >= 0.6 is 0 Å². The third-order valence-corrected chi connectivity index (χ3v) is 5.73. The molecule has 2 saturated heterocycles. The summed E-state index contributed by atoms with van der Waals surface area (Å²) in [4.78, 5) is 30.0. The molecule has 0 bridgehead atoms. The van der Waals surface area contributed by atoms with E-state index in [1.54, 1.807) is 12.3 Å². The minimum atomic E-state index is -0.754. The third kappa shape index (κ3) is 3.46. The maximum Gasteiger partial charge on any atom is 0.320 e. The smallest absolute Gasteiger partial charge is 0.320 e. The highest BCUT2D eigenvalue weighted by Gasteiger charge is 2.43. The molecule has 1 aliphatic carbocycles. The summed E-state index contributed by atoms with van der Waals surface area (Å²) in [5, 5.41) is 15.3. The van der Waals surface area contributed by atoms with Crippen LogP contribution in [0.2, 0.25) is 0 Å². The lowest BCUT2D eigenvalue weighted by Crippen LogP contribution is -2.41. The van der Waals surface area contributed by atoms with Crippen LogP contribution in [0.1, 0.15) is 42.5 Å². The van der Waals surface area contributed by atoms with Gasteiger partial charge >= 0.3 is 5.97 Å². The first kappa shape index (κ1) is 16.3. The first-order valence-electron chi connectivity index (χ1n) is 9.03. The average Bonchev–Trinajstić information content (AvgIpc) is 3.34. The normalized spacial score (nSPS) is 25.1. The molecule has 1 spiro atoms. The minimum absolute atomic E-state index is 0.0241. The van der Waals surface area contributed by atoms with E-state index in [1.807, 2.05) is 6.07 Å². The fraction of sp³-hybridized carbons (Fsp3) is 0.611. The minimum Gasteiger partial charge on any atom is -0.480 e. The summed E-state index contributed by atoms with van der Waals surface area (Å²) in [6.45, 7) is 2.46. The van der Waals surface area contributed by atoms with E-state index in [9.17, 15) is 14.7 Å². The molecule has 0 aromatic carbocycles. The van der Waals surface area contributed by atoms with Crippen LogP contribution in [-0.2, 0) is 4.79 Å². The van der Waals surface area contributed by atoms with E-state index in [0.717, 1.165) is 51.1 Å². The zero-order valence-corrected chi connectivity index (χ0v) is 14.2. The molecule has 0 radical (unpaired) electrons. The summed E-state index contributed by atoms with van der Waals surface area (Å²) in [6, 6.07) is 3.54. The van der Waals surface area contributed by atoms with Gasteiger partial charge in [0.25, 0.3) is 5.91 Å². The molecule has 3 N–H and O–H groups in total. The lowest BCUT2D eigenvalue weighted by atomic mass is 9.76. The summed E-state index contributed by atoms with van der Waals surface area (Å²) in [5.41, 5.74) is 0.742. The van der Waals surface area contributed by atoms with Gasteiger partial charge in [-0.25, -0.2) is 4.98 Å². The molecule has 1 amide bonds. The number of nitrogens with one attached hydrogen (secondary N) is 2. The van der Waals surface area contributed by atoms with Gasteiger partial charge in [0, 0.05) is 37.4 Å². The fourth-order valence-corrected chi connectivity index (χ4v) is 3.91. The van der Waals surface area contributed by atoms with E-state index in [0.29, 0.717) is 18.0 Å². The van der Waals surface area contributed by atoms with Crippen LogP contribution in [0.15, 0.2) is 18.3 Å². The van der Waals surface area contributed by atoms with Crippen LogP contribution in [0.4, 0.5) is 5.82 Å². The van der Waals surface area contributed by atoms with Crippen molar-refractivity contribution in [2.45, 2.75) is 44.2 Å². The first-order chi connectivity index (χ1) is 12.0. The molecule has 1 unspecified atom stereocenters. The predicted molar refractivity (Wildman–Crippen MR) is 92.6 cm³/mol. The molecule has 3 aliphatic rings. The topological polar surface area (TPSA) is 94.6 Å². The van der Waals surface area contributed by atoms with Gasteiger partial charge in [-0.05, 0) is 49.7 Å². The average molecular weight is 344 g/mol. The van der Waals surface area contributed by atoms with Gasteiger partial charge in [0.05, 0.1) is 0 Å². The summed E-state index contributed by atoms with van der Waals surface area (Å²) in [6.07, 6.45) is 6.44. The van der Waals surface area contributed by atoms with Crippen LogP contribution in [-0.4, -0.2) is 53.7 Å². The molecule has 1 aromatic rings. The third-order valence-electron chi connectivity index (χ3n) is 5.73. The number of pyridine rings is 1. The zero-order valence-electron chi connectivity index (χ0n) is 14.2. The quantitative estimate of drug-likeness (QED) is 0.755. The number of carbonyl (C=O) groups is 2. The number of aromatic nitrogens is 1. The van der Waals surface area contributed by atoms with Crippen molar-refractivity contribution in [3.63, 3.8) is 0 Å². The Morgan fingerprint density at radius 1 is 1.32 bits per heavy atom. The Hall–Kier alpha value is -2.15. The van der Waals surface area contributed by atoms with Crippen LogP contribution in [0.5, 0.6) is 0 Å². The Kier molecular flexibility index (Phi) is 4.11. The number of amides is 1. The maximum atomic E-state index is 12.2. The number of hydrogen-bond donors (Lipinski definition) is 3. The second-order valence-electron chi connectivity index (χ2n) is 7.61. The van der Waals surface area contributed by atoms with Crippen molar-refractivity contribution in [2.24, 2.45) is 5.41 Å². The summed E-state index contributed by atoms with van der Waals surface area (Å²) in [5.74, 6) is 0.0540. The number of carbonyl (C=O) groups excluding carboxylic acids is 1. The molecular weight excluding hydrogens is 320 g/mol. The van der Waals surface area contributed by atoms with Crippen molar-refractivity contribution >= 4 is 17.7 Å². The highest BCUT2D eigenvalue weighted by atomic mass is 16.4. The van der Waals surface area contributed by atoms with Gasteiger partial charge in [0.1, 0.15) is 11.9 Å². The maximum absolute atomic E-state index is 12.2. The number of piperidine rings is 1. The molecule has 1 aromatic heterocycles. The molecular formula is C18H24N4O3. The van der Waals surface area contributed by atoms with E-state index < -0.39 is 12.0 Å². The van der Waals surface area contributed by atoms with Gasteiger partial charge in [-0.15, -0.1) is 0 Å². The lowest BCUT2D eigenvalue weighted by molar-refractivity contribution is -0.139. The summed E-state index contributed by atoms with van der Waals surface area (Å²) in [7, 11) is 0. The Bertz CT molecular complexity index is 681. The molecule has 4 rings (SSSR count). The van der Waals surface area contributed by atoms with E-state index in [-0.39, 0.29) is 11.3 Å². The fourth-order valence-electron chi connectivity index (χ4n) is 3.91. The molecule has 25 heavy (non-hydrogen) atoms. The molecule has 3 fully saturated rings. The predicted octanol–water partition coefficient (Wildman–Crippen LogP) is 1.01. The highest BCUT2D eigenvalue weighted by molar-refractivity contribution is 5.95. The highest BCUT2D eigenvalue weighted by Crippen LogP contribution is 2.40. The van der Waals surface area contributed by atoms with Crippen molar-refractivity contribution in [3.05, 3.63) is 23.9 Å². The van der Waals surface area contributed by atoms with E-state index >= 15 is 0 Å². The number of nitrogens with zero attached hydrogens (tertiary/aromatic N) is 2. The van der Waals surface area contributed by atoms with Gasteiger partial charge in [-0.3, -0.25) is 9.59 Å². The SMILES string of the molecule is O=C(NC1CC1)c1ccnc(N2CCC3(CC2)CNC(C(=O)O)C3)c1.